The van der Waals surface area contributed by atoms with Crippen LogP contribution in [-0.2, 0) is 4.79 Å². The van der Waals surface area contributed by atoms with Crippen molar-refractivity contribution in [2.24, 2.45) is 5.73 Å². The van der Waals surface area contributed by atoms with Crippen LogP contribution in [0.3, 0.4) is 0 Å². The Morgan fingerprint density at radius 1 is 1.47 bits per heavy atom. The number of aliphatic hydroxyl groups excluding tert-OH is 1. The van der Waals surface area contributed by atoms with Crippen molar-refractivity contribution < 1.29 is 19.4 Å². The molecule has 0 aliphatic heterocycles. The first kappa shape index (κ1) is 13.2. The fraction of sp³-hybridized carbons (Fsp3) is 0.333. The van der Waals surface area contributed by atoms with Gasteiger partial charge in [0.1, 0.15) is 5.75 Å². The second-order valence-electron chi connectivity index (χ2n) is 3.85. The third kappa shape index (κ3) is 3.04. The minimum absolute atomic E-state index is 0.116. The average molecular weight is 237 g/mol. The number of aliphatic hydroxyl groups is 1. The number of nitrogens with two attached hydrogens (primary N) is 1. The zero-order valence-electron chi connectivity index (χ0n) is 9.71. The van der Waals surface area contributed by atoms with E-state index < -0.39 is 12.0 Å². The highest BCUT2D eigenvalue weighted by Gasteiger charge is 2.20. The quantitative estimate of drug-likeness (QED) is 0.741. The maximum absolute atomic E-state index is 11.0. The SMILES string of the molecule is CC(C)Oc1cccc(C(O)C(N)=O)c1C=O. The molecule has 0 aromatic heterocycles. The summed E-state index contributed by atoms with van der Waals surface area (Å²) in [7, 11) is 0. The molecule has 0 saturated carbocycles. The Balaban J connectivity index is 3.23. The highest BCUT2D eigenvalue weighted by molar-refractivity contribution is 5.87. The molecule has 1 rings (SSSR count). The molecule has 5 nitrogen and oxygen atoms in total. The van der Waals surface area contributed by atoms with Gasteiger partial charge in [0.05, 0.1) is 11.7 Å². The van der Waals surface area contributed by atoms with Crippen LogP contribution in [0, 0.1) is 0 Å². The van der Waals surface area contributed by atoms with E-state index in [0.29, 0.717) is 12.0 Å². The van der Waals surface area contributed by atoms with E-state index in [1.54, 1.807) is 12.1 Å². The minimum Gasteiger partial charge on any atom is -0.490 e. The van der Waals surface area contributed by atoms with Gasteiger partial charge in [-0.05, 0) is 19.9 Å². The molecular formula is C12H15NO4. The van der Waals surface area contributed by atoms with E-state index in [9.17, 15) is 14.7 Å². The normalized spacial score (nSPS) is 12.2. The molecular weight excluding hydrogens is 222 g/mol. The van der Waals surface area contributed by atoms with Gasteiger partial charge in [0.25, 0.3) is 5.91 Å². The number of carbonyl (C=O) groups is 2. The smallest absolute Gasteiger partial charge is 0.250 e. The third-order valence-corrected chi connectivity index (χ3v) is 2.14. The van der Waals surface area contributed by atoms with Crippen LogP contribution in [0.25, 0.3) is 0 Å². The van der Waals surface area contributed by atoms with Crippen molar-refractivity contribution in [3.63, 3.8) is 0 Å². The van der Waals surface area contributed by atoms with Gasteiger partial charge < -0.3 is 15.6 Å². The number of aldehydes is 1. The van der Waals surface area contributed by atoms with Crippen molar-refractivity contribution in [1.29, 1.82) is 0 Å². The molecule has 3 N–H and O–H groups in total. The van der Waals surface area contributed by atoms with E-state index in [2.05, 4.69) is 0 Å². The highest BCUT2D eigenvalue weighted by atomic mass is 16.5. The predicted octanol–water partition coefficient (Wildman–Crippen LogP) is 0.805. The summed E-state index contributed by atoms with van der Waals surface area (Å²) >= 11 is 0. The first-order valence-electron chi connectivity index (χ1n) is 5.19. The first-order chi connectivity index (χ1) is 7.97. The minimum atomic E-state index is -1.51. The van der Waals surface area contributed by atoms with E-state index in [1.165, 1.54) is 6.07 Å². The van der Waals surface area contributed by atoms with Gasteiger partial charge in [-0.2, -0.15) is 0 Å². The Morgan fingerprint density at radius 3 is 2.59 bits per heavy atom. The van der Waals surface area contributed by atoms with Crippen molar-refractivity contribution in [3.05, 3.63) is 29.3 Å². The largest absolute Gasteiger partial charge is 0.490 e. The third-order valence-electron chi connectivity index (χ3n) is 2.14. The van der Waals surface area contributed by atoms with Crippen LogP contribution in [0.15, 0.2) is 18.2 Å². The van der Waals surface area contributed by atoms with Gasteiger partial charge in [0, 0.05) is 5.56 Å². The molecule has 17 heavy (non-hydrogen) atoms. The maximum atomic E-state index is 11.0. The molecule has 1 atom stereocenters. The second-order valence-corrected chi connectivity index (χ2v) is 3.85. The zero-order valence-corrected chi connectivity index (χ0v) is 9.71. The first-order valence-corrected chi connectivity index (χ1v) is 5.19. The van der Waals surface area contributed by atoms with Gasteiger partial charge in [0.15, 0.2) is 12.4 Å². The lowest BCUT2D eigenvalue weighted by Crippen LogP contribution is -2.22. The number of primary amides is 1. The number of hydrogen-bond donors (Lipinski definition) is 2. The van der Waals surface area contributed by atoms with Gasteiger partial charge in [-0.1, -0.05) is 12.1 Å². The van der Waals surface area contributed by atoms with E-state index in [4.69, 9.17) is 10.5 Å². The number of rotatable bonds is 5. The molecule has 5 heteroatoms. The second kappa shape index (κ2) is 5.45. The topological polar surface area (TPSA) is 89.6 Å². The van der Waals surface area contributed by atoms with E-state index in [0.717, 1.165) is 0 Å². The summed E-state index contributed by atoms with van der Waals surface area (Å²) in [5.41, 5.74) is 5.30. The van der Waals surface area contributed by atoms with Crippen molar-refractivity contribution in [2.75, 3.05) is 0 Å². The van der Waals surface area contributed by atoms with Crippen molar-refractivity contribution in [1.82, 2.24) is 0 Å². The average Bonchev–Trinajstić information content (AvgIpc) is 2.26. The van der Waals surface area contributed by atoms with Crippen LogP contribution in [0.1, 0.15) is 35.9 Å². The van der Waals surface area contributed by atoms with Crippen LogP contribution >= 0.6 is 0 Å². The van der Waals surface area contributed by atoms with Crippen molar-refractivity contribution >= 4 is 12.2 Å². The number of amides is 1. The molecule has 0 fully saturated rings. The Kier molecular flexibility index (Phi) is 4.23. The molecule has 0 aliphatic carbocycles. The van der Waals surface area contributed by atoms with Crippen LogP contribution in [0.5, 0.6) is 5.75 Å². The molecule has 0 heterocycles. The summed E-state index contributed by atoms with van der Waals surface area (Å²) in [6.45, 7) is 3.62. The van der Waals surface area contributed by atoms with Gasteiger partial charge in [-0.25, -0.2) is 0 Å². The summed E-state index contributed by atoms with van der Waals surface area (Å²) < 4.78 is 5.41. The number of ether oxygens (including phenoxy) is 1. The summed E-state index contributed by atoms with van der Waals surface area (Å²) in [5.74, 6) is -0.581. The van der Waals surface area contributed by atoms with Gasteiger partial charge in [0.2, 0.25) is 0 Å². The molecule has 1 amide bonds. The summed E-state index contributed by atoms with van der Waals surface area (Å²) in [6, 6.07) is 4.65. The van der Waals surface area contributed by atoms with E-state index in [-0.39, 0.29) is 17.2 Å². The Hall–Kier alpha value is -1.88. The van der Waals surface area contributed by atoms with Gasteiger partial charge in [-0.15, -0.1) is 0 Å². The summed E-state index contributed by atoms with van der Waals surface area (Å²) in [5, 5.41) is 9.58. The number of hydrogen-bond acceptors (Lipinski definition) is 4. The van der Waals surface area contributed by atoms with Gasteiger partial charge >= 0.3 is 0 Å². The lowest BCUT2D eigenvalue weighted by molar-refractivity contribution is -0.126. The zero-order chi connectivity index (χ0) is 13.0. The summed E-state index contributed by atoms with van der Waals surface area (Å²) in [6.07, 6.45) is -1.08. The fourth-order valence-corrected chi connectivity index (χ4v) is 1.44. The molecule has 1 aromatic carbocycles. The number of carbonyl (C=O) groups excluding carboxylic acids is 2. The van der Waals surface area contributed by atoms with E-state index >= 15 is 0 Å². The molecule has 92 valence electrons. The van der Waals surface area contributed by atoms with Crippen LogP contribution in [0.4, 0.5) is 0 Å². The van der Waals surface area contributed by atoms with Crippen molar-refractivity contribution in [3.8, 4) is 5.75 Å². The van der Waals surface area contributed by atoms with Crippen LogP contribution in [-0.4, -0.2) is 23.4 Å². The molecule has 0 bridgehead atoms. The van der Waals surface area contributed by atoms with Gasteiger partial charge in [-0.3, -0.25) is 9.59 Å². The maximum Gasteiger partial charge on any atom is 0.250 e. The number of benzene rings is 1. The van der Waals surface area contributed by atoms with Crippen LogP contribution < -0.4 is 10.5 Å². The lowest BCUT2D eigenvalue weighted by atomic mass is 10.0. The monoisotopic (exact) mass is 237 g/mol. The van der Waals surface area contributed by atoms with Crippen molar-refractivity contribution in [2.45, 2.75) is 26.1 Å². The lowest BCUT2D eigenvalue weighted by Gasteiger charge is -2.15. The molecule has 0 spiro atoms. The molecule has 0 radical (unpaired) electrons. The Bertz CT molecular complexity index is 429. The predicted molar refractivity (Wildman–Crippen MR) is 61.7 cm³/mol. The van der Waals surface area contributed by atoms with Crippen LogP contribution in [0.2, 0.25) is 0 Å². The molecule has 0 saturated heterocycles. The molecule has 1 unspecified atom stereocenters. The highest BCUT2D eigenvalue weighted by Crippen LogP contribution is 2.26. The standard InChI is InChI=1S/C12H15NO4/c1-7(2)17-10-5-3-4-8(9(10)6-14)11(15)12(13)16/h3-7,11,15H,1-2H3,(H2,13,16). The Labute approximate surface area is 99.2 Å². The molecule has 1 aromatic rings. The summed E-state index contributed by atoms with van der Waals surface area (Å²) in [4.78, 5) is 21.9. The Morgan fingerprint density at radius 2 is 2.12 bits per heavy atom. The fourth-order valence-electron chi connectivity index (χ4n) is 1.44. The molecule has 0 aliphatic rings. The van der Waals surface area contributed by atoms with E-state index in [1.807, 2.05) is 13.8 Å².